The van der Waals surface area contributed by atoms with E-state index in [2.05, 4.69) is 21.0 Å². The molecule has 2 fully saturated rings. The summed E-state index contributed by atoms with van der Waals surface area (Å²) in [7, 11) is 0. The van der Waals surface area contributed by atoms with Crippen molar-refractivity contribution in [3.05, 3.63) is 42.5 Å². The van der Waals surface area contributed by atoms with E-state index in [9.17, 15) is 4.79 Å². The second-order valence-corrected chi connectivity index (χ2v) is 6.99. The Balaban J connectivity index is 1.54. The number of likely N-dealkylation sites (tertiary alicyclic amines) is 1. The molecule has 4 rings (SSSR count). The van der Waals surface area contributed by atoms with E-state index in [1.165, 1.54) is 19.3 Å². The highest BCUT2D eigenvalue weighted by atomic mass is 16.2. The third-order valence-corrected chi connectivity index (χ3v) is 5.33. The third-order valence-electron chi connectivity index (χ3n) is 5.33. The molecule has 132 valence electrons. The Morgan fingerprint density at radius 2 is 1.88 bits per heavy atom. The van der Waals surface area contributed by atoms with Crippen LogP contribution in [-0.2, 0) is 0 Å². The number of benzene rings is 1. The second kappa shape index (κ2) is 7.25. The van der Waals surface area contributed by atoms with Gasteiger partial charge in [-0.3, -0.25) is 4.79 Å². The van der Waals surface area contributed by atoms with Crippen molar-refractivity contribution in [3.63, 3.8) is 0 Å². The van der Waals surface area contributed by atoms with E-state index in [1.54, 1.807) is 12.7 Å². The minimum absolute atomic E-state index is 0.144. The Morgan fingerprint density at radius 3 is 2.68 bits per heavy atom. The summed E-state index contributed by atoms with van der Waals surface area (Å²) in [4.78, 5) is 21.6. The van der Waals surface area contributed by atoms with Gasteiger partial charge in [-0.05, 0) is 44.2 Å². The molecule has 2 aliphatic heterocycles. The van der Waals surface area contributed by atoms with E-state index < -0.39 is 0 Å². The Morgan fingerprint density at radius 1 is 1.04 bits per heavy atom. The van der Waals surface area contributed by atoms with E-state index in [1.807, 2.05) is 27.8 Å². The average molecular weight is 339 g/mol. The first-order chi connectivity index (χ1) is 12.3. The summed E-state index contributed by atoms with van der Waals surface area (Å²) in [6, 6.07) is 8.31. The van der Waals surface area contributed by atoms with Gasteiger partial charge in [0.05, 0.1) is 11.6 Å². The van der Waals surface area contributed by atoms with Gasteiger partial charge in [0, 0.05) is 31.9 Å². The first kappa shape index (κ1) is 16.1. The quantitative estimate of drug-likeness (QED) is 0.863. The number of para-hydroxylation sites is 1. The van der Waals surface area contributed by atoms with Crippen molar-refractivity contribution in [2.75, 3.05) is 31.1 Å². The first-order valence-electron chi connectivity index (χ1n) is 9.30. The number of carbonyl (C=O) groups is 1. The van der Waals surface area contributed by atoms with Crippen LogP contribution in [0.4, 0.5) is 5.69 Å². The van der Waals surface area contributed by atoms with Crippen LogP contribution < -0.4 is 4.90 Å². The van der Waals surface area contributed by atoms with Gasteiger partial charge in [0.25, 0.3) is 5.91 Å². The highest BCUT2D eigenvalue weighted by Crippen LogP contribution is 2.28. The van der Waals surface area contributed by atoms with Gasteiger partial charge in [0.2, 0.25) is 0 Å². The molecule has 1 unspecified atom stereocenters. The van der Waals surface area contributed by atoms with Crippen LogP contribution in [0.25, 0.3) is 0 Å². The van der Waals surface area contributed by atoms with Crippen LogP contribution in [0, 0.1) is 0 Å². The molecule has 2 aliphatic rings. The molecule has 3 heterocycles. The van der Waals surface area contributed by atoms with Crippen molar-refractivity contribution in [1.82, 2.24) is 19.7 Å². The molecule has 1 aromatic heterocycles. The van der Waals surface area contributed by atoms with Crippen LogP contribution in [0.3, 0.4) is 0 Å². The van der Waals surface area contributed by atoms with Crippen LogP contribution in [-0.4, -0.2) is 51.8 Å². The highest BCUT2D eigenvalue weighted by Gasteiger charge is 2.28. The summed E-state index contributed by atoms with van der Waals surface area (Å²) in [5.41, 5.74) is 1.93. The average Bonchev–Trinajstić information content (AvgIpc) is 3.23. The van der Waals surface area contributed by atoms with E-state index in [-0.39, 0.29) is 11.9 Å². The molecule has 1 aromatic carbocycles. The van der Waals surface area contributed by atoms with E-state index in [0.717, 1.165) is 43.7 Å². The fourth-order valence-electron chi connectivity index (χ4n) is 4.00. The molecule has 0 spiro atoms. The fourth-order valence-corrected chi connectivity index (χ4v) is 4.00. The molecule has 25 heavy (non-hydrogen) atoms. The summed E-state index contributed by atoms with van der Waals surface area (Å²) in [5, 5.41) is 4.26. The lowest BCUT2D eigenvalue weighted by Gasteiger charge is -2.35. The number of nitrogens with zero attached hydrogens (tertiary/aromatic N) is 5. The zero-order valence-corrected chi connectivity index (χ0v) is 14.5. The number of piperidine rings is 2. The number of amides is 1. The normalized spacial score (nSPS) is 21.4. The molecule has 0 aliphatic carbocycles. The van der Waals surface area contributed by atoms with E-state index in [0.29, 0.717) is 6.54 Å². The Hall–Kier alpha value is -2.37. The molecule has 6 nitrogen and oxygen atoms in total. The molecule has 1 amide bonds. The molecule has 0 radical (unpaired) electrons. The fraction of sp³-hybridized carbons (Fsp3) is 0.526. The maximum Gasteiger partial charge on any atom is 0.256 e. The lowest BCUT2D eigenvalue weighted by molar-refractivity contribution is 0.0673. The number of hydrogen-bond acceptors (Lipinski definition) is 4. The minimum Gasteiger partial charge on any atom is -0.371 e. The largest absolute Gasteiger partial charge is 0.371 e. The van der Waals surface area contributed by atoms with Crippen LogP contribution in [0.5, 0.6) is 0 Å². The van der Waals surface area contributed by atoms with Gasteiger partial charge >= 0.3 is 0 Å². The van der Waals surface area contributed by atoms with Gasteiger partial charge in [-0.1, -0.05) is 12.1 Å². The van der Waals surface area contributed by atoms with Crippen LogP contribution >= 0.6 is 0 Å². The number of hydrogen-bond donors (Lipinski definition) is 0. The zero-order chi connectivity index (χ0) is 17.1. The third kappa shape index (κ3) is 3.38. The predicted octanol–water partition coefficient (Wildman–Crippen LogP) is 2.75. The van der Waals surface area contributed by atoms with Crippen molar-refractivity contribution >= 4 is 11.6 Å². The number of anilines is 1. The molecular weight excluding hydrogens is 314 g/mol. The van der Waals surface area contributed by atoms with Crippen molar-refractivity contribution in [1.29, 1.82) is 0 Å². The van der Waals surface area contributed by atoms with Gasteiger partial charge in [0.15, 0.2) is 0 Å². The maximum atomic E-state index is 13.2. The van der Waals surface area contributed by atoms with Crippen molar-refractivity contribution < 1.29 is 4.79 Å². The van der Waals surface area contributed by atoms with Crippen LogP contribution in [0.15, 0.2) is 36.9 Å². The molecule has 0 N–H and O–H groups in total. The summed E-state index contributed by atoms with van der Waals surface area (Å²) in [5.74, 6) is 0.144. The van der Waals surface area contributed by atoms with Gasteiger partial charge in [-0.15, -0.1) is 0 Å². The topological polar surface area (TPSA) is 54.3 Å². The lowest BCUT2D eigenvalue weighted by Crippen LogP contribution is -2.41. The van der Waals surface area contributed by atoms with E-state index >= 15 is 0 Å². The second-order valence-electron chi connectivity index (χ2n) is 6.99. The van der Waals surface area contributed by atoms with Gasteiger partial charge < -0.3 is 9.80 Å². The standard InChI is InChI=1S/C19H25N5O/c25-19(23-12-6-7-16(13-23)24-15-20-14-21-24)17-8-2-3-9-18(17)22-10-4-1-5-11-22/h2-3,8-9,14-16H,1,4-7,10-13H2. The molecule has 6 heteroatoms. The summed E-state index contributed by atoms with van der Waals surface area (Å²) in [6.07, 6.45) is 9.06. The molecule has 1 atom stereocenters. The maximum absolute atomic E-state index is 13.2. The van der Waals surface area contributed by atoms with E-state index in [4.69, 9.17) is 0 Å². The van der Waals surface area contributed by atoms with Gasteiger partial charge in [-0.2, -0.15) is 5.10 Å². The molecule has 0 saturated carbocycles. The SMILES string of the molecule is O=C(c1ccccc1N1CCCCC1)N1CCCC(n2cncn2)C1. The Kier molecular flexibility index (Phi) is 4.68. The van der Waals surface area contributed by atoms with Gasteiger partial charge in [-0.25, -0.2) is 9.67 Å². The van der Waals surface area contributed by atoms with Crippen LogP contribution in [0.2, 0.25) is 0 Å². The van der Waals surface area contributed by atoms with Crippen molar-refractivity contribution in [2.24, 2.45) is 0 Å². The Labute approximate surface area is 148 Å². The zero-order valence-electron chi connectivity index (χ0n) is 14.5. The lowest BCUT2D eigenvalue weighted by atomic mass is 10.0. The summed E-state index contributed by atoms with van der Waals surface area (Å²) >= 11 is 0. The van der Waals surface area contributed by atoms with Crippen molar-refractivity contribution in [2.45, 2.75) is 38.1 Å². The predicted molar refractivity (Wildman–Crippen MR) is 96.7 cm³/mol. The first-order valence-corrected chi connectivity index (χ1v) is 9.30. The monoisotopic (exact) mass is 339 g/mol. The highest BCUT2D eigenvalue weighted by molar-refractivity contribution is 6.00. The number of carbonyl (C=O) groups excluding carboxylic acids is 1. The van der Waals surface area contributed by atoms with Crippen molar-refractivity contribution in [3.8, 4) is 0 Å². The molecule has 0 bridgehead atoms. The van der Waals surface area contributed by atoms with Crippen LogP contribution in [0.1, 0.15) is 48.5 Å². The molecule has 2 aromatic rings. The Bertz CT molecular complexity index is 708. The van der Waals surface area contributed by atoms with Gasteiger partial charge in [0.1, 0.15) is 12.7 Å². The summed E-state index contributed by atoms with van der Waals surface area (Å²) in [6.45, 7) is 3.62. The minimum atomic E-state index is 0.144. The molecule has 2 saturated heterocycles. The molecular formula is C19H25N5O. The smallest absolute Gasteiger partial charge is 0.256 e. The summed E-state index contributed by atoms with van der Waals surface area (Å²) < 4.78 is 1.88. The number of rotatable bonds is 3. The number of aromatic nitrogens is 3.